The van der Waals surface area contributed by atoms with Crippen LogP contribution in [0.5, 0.6) is 0 Å². The molecule has 0 aromatic heterocycles. The van der Waals surface area contributed by atoms with E-state index in [9.17, 15) is 43.2 Å². The topological polar surface area (TPSA) is 237 Å². The van der Waals surface area contributed by atoms with Crippen molar-refractivity contribution in [1.29, 1.82) is 0 Å². The molecule has 0 spiro atoms. The standard InChI is InChI=1S/C81H158O17P2/c1-5-9-13-17-21-25-28-31-34-36-37-38-39-40-41-43-46-49-52-56-60-64-68-81(86)98-77(72-92-79(84)66-62-58-54-50-47-45-42-35-32-29-26-22-18-14-10-6-2)74-96-100(89,90)94-70-75(82)69-93-99(87,88)95-73-76(71-91-78(83)65-61-57-53-24-20-16-12-8-4)97-80(85)67-63-59-55-51-48-44-33-30-27-23-19-15-11-7-3/h75-77,82H,5-74H2,1-4H3,(H,87,88)(H,89,90)/t75-,76+,77+/m0/s1. The van der Waals surface area contributed by atoms with Gasteiger partial charge in [0, 0.05) is 25.7 Å². The Balaban J connectivity index is 5.17. The molecule has 0 aliphatic rings. The van der Waals surface area contributed by atoms with Gasteiger partial charge in [0.1, 0.15) is 19.3 Å². The summed E-state index contributed by atoms with van der Waals surface area (Å²) in [4.78, 5) is 72.9. The fourth-order valence-electron chi connectivity index (χ4n) is 12.6. The quantitative estimate of drug-likeness (QED) is 0.0222. The van der Waals surface area contributed by atoms with Crippen LogP contribution in [-0.2, 0) is 65.4 Å². The first-order valence-corrected chi connectivity index (χ1v) is 45.3. The molecule has 2 unspecified atom stereocenters. The van der Waals surface area contributed by atoms with Crippen molar-refractivity contribution in [2.45, 2.75) is 457 Å². The molecular formula is C81H158O17P2. The summed E-state index contributed by atoms with van der Waals surface area (Å²) in [6, 6.07) is 0. The Morgan fingerprint density at radius 2 is 0.400 bits per heavy atom. The van der Waals surface area contributed by atoms with E-state index in [0.717, 1.165) is 89.9 Å². The molecule has 3 N–H and O–H groups in total. The number of ether oxygens (including phenoxy) is 4. The molecule has 0 radical (unpaired) electrons. The number of carbonyl (C=O) groups is 4. The highest BCUT2D eigenvalue weighted by Crippen LogP contribution is 2.45. The van der Waals surface area contributed by atoms with Crippen LogP contribution in [0.1, 0.15) is 439 Å². The lowest BCUT2D eigenvalue weighted by Gasteiger charge is -2.21. The van der Waals surface area contributed by atoms with E-state index in [4.69, 9.17) is 37.0 Å². The summed E-state index contributed by atoms with van der Waals surface area (Å²) < 4.78 is 68.6. The fraction of sp³-hybridized carbons (Fsp3) is 0.951. The molecule has 0 fully saturated rings. The molecule has 0 saturated carbocycles. The van der Waals surface area contributed by atoms with Crippen LogP contribution in [0.15, 0.2) is 0 Å². The van der Waals surface area contributed by atoms with Crippen LogP contribution >= 0.6 is 15.6 Å². The van der Waals surface area contributed by atoms with Gasteiger partial charge in [-0.25, -0.2) is 9.13 Å². The molecule has 100 heavy (non-hydrogen) atoms. The number of aliphatic hydroxyl groups is 1. The van der Waals surface area contributed by atoms with E-state index in [0.29, 0.717) is 25.7 Å². The molecule has 0 aliphatic heterocycles. The van der Waals surface area contributed by atoms with Crippen molar-refractivity contribution >= 4 is 39.5 Å². The lowest BCUT2D eigenvalue weighted by Crippen LogP contribution is -2.30. The van der Waals surface area contributed by atoms with E-state index in [-0.39, 0.29) is 25.7 Å². The van der Waals surface area contributed by atoms with E-state index in [1.54, 1.807) is 0 Å². The molecule has 0 aromatic carbocycles. The first kappa shape index (κ1) is 98.1. The summed E-state index contributed by atoms with van der Waals surface area (Å²) in [6.07, 6.45) is 68.1. The average molecular weight is 1470 g/mol. The number of phosphoric ester groups is 2. The molecule has 594 valence electrons. The molecule has 0 saturated heterocycles. The fourth-order valence-corrected chi connectivity index (χ4v) is 14.2. The maximum absolute atomic E-state index is 13.1. The number of esters is 4. The van der Waals surface area contributed by atoms with Crippen molar-refractivity contribution in [2.75, 3.05) is 39.6 Å². The van der Waals surface area contributed by atoms with Crippen molar-refractivity contribution in [2.24, 2.45) is 0 Å². The minimum absolute atomic E-state index is 0.108. The van der Waals surface area contributed by atoms with E-state index < -0.39 is 97.5 Å². The maximum Gasteiger partial charge on any atom is 0.472 e. The summed E-state index contributed by atoms with van der Waals surface area (Å²) in [6.45, 7) is 5.00. The Labute approximate surface area is 613 Å². The second-order valence-corrected chi connectivity index (χ2v) is 32.1. The zero-order valence-corrected chi connectivity index (χ0v) is 67.0. The molecule has 0 amide bonds. The zero-order chi connectivity index (χ0) is 73.2. The summed E-state index contributed by atoms with van der Waals surface area (Å²) >= 11 is 0. The molecule has 0 aromatic rings. The second kappa shape index (κ2) is 75.3. The first-order chi connectivity index (χ1) is 48.7. The summed E-state index contributed by atoms with van der Waals surface area (Å²) in [5.74, 6) is -2.11. The molecule has 17 nitrogen and oxygen atoms in total. The Morgan fingerprint density at radius 1 is 0.240 bits per heavy atom. The number of hydrogen-bond donors (Lipinski definition) is 3. The molecule has 0 heterocycles. The van der Waals surface area contributed by atoms with Crippen LogP contribution in [0, 0.1) is 0 Å². The molecular weight excluding hydrogens is 1310 g/mol. The summed E-state index contributed by atoms with van der Waals surface area (Å²) in [5.41, 5.74) is 0. The van der Waals surface area contributed by atoms with Gasteiger partial charge < -0.3 is 33.8 Å². The van der Waals surface area contributed by atoms with E-state index in [1.165, 1.54) is 270 Å². The number of hydrogen-bond acceptors (Lipinski definition) is 15. The van der Waals surface area contributed by atoms with Gasteiger partial charge in [-0.15, -0.1) is 0 Å². The van der Waals surface area contributed by atoms with Crippen LogP contribution < -0.4 is 0 Å². The third-order valence-corrected chi connectivity index (χ3v) is 21.0. The maximum atomic E-state index is 13.1. The highest BCUT2D eigenvalue weighted by molar-refractivity contribution is 7.47. The smallest absolute Gasteiger partial charge is 0.462 e. The van der Waals surface area contributed by atoms with E-state index in [1.807, 2.05) is 0 Å². The lowest BCUT2D eigenvalue weighted by molar-refractivity contribution is -0.161. The van der Waals surface area contributed by atoms with E-state index >= 15 is 0 Å². The minimum atomic E-state index is -4.96. The predicted octanol–water partition coefficient (Wildman–Crippen LogP) is 24.6. The third-order valence-electron chi connectivity index (χ3n) is 19.1. The molecule has 0 rings (SSSR count). The van der Waals surface area contributed by atoms with Crippen molar-refractivity contribution in [1.82, 2.24) is 0 Å². The molecule has 5 atom stereocenters. The van der Waals surface area contributed by atoms with Crippen LogP contribution in [-0.4, -0.2) is 96.7 Å². The number of unbranched alkanes of at least 4 members (excludes halogenated alkanes) is 56. The van der Waals surface area contributed by atoms with Crippen LogP contribution in [0.25, 0.3) is 0 Å². The van der Waals surface area contributed by atoms with Gasteiger partial charge in [0.2, 0.25) is 0 Å². The Morgan fingerprint density at radius 3 is 0.590 bits per heavy atom. The van der Waals surface area contributed by atoms with Crippen molar-refractivity contribution < 1.29 is 80.2 Å². The number of carbonyl (C=O) groups excluding carboxylic acids is 4. The Bertz CT molecular complexity index is 1890. The van der Waals surface area contributed by atoms with Gasteiger partial charge in [-0.2, -0.15) is 0 Å². The lowest BCUT2D eigenvalue weighted by atomic mass is 10.0. The van der Waals surface area contributed by atoms with E-state index in [2.05, 4.69) is 27.7 Å². The van der Waals surface area contributed by atoms with Crippen LogP contribution in [0.2, 0.25) is 0 Å². The number of phosphoric acid groups is 2. The van der Waals surface area contributed by atoms with Gasteiger partial charge in [0.25, 0.3) is 0 Å². The molecule has 19 heteroatoms. The van der Waals surface area contributed by atoms with Crippen molar-refractivity contribution in [3.05, 3.63) is 0 Å². The monoisotopic (exact) mass is 1470 g/mol. The van der Waals surface area contributed by atoms with Crippen LogP contribution in [0.3, 0.4) is 0 Å². The highest BCUT2D eigenvalue weighted by Gasteiger charge is 2.30. The minimum Gasteiger partial charge on any atom is -0.462 e. The second-order valence-electron chi connectivity index (χ2n) is 29.2. The predicted molar refractivity (Wildman–Crippen MR) is 409 cm³/mol. The zero-order valence-electron chi connectivity index (χ0n) is 65.2. The van der Waals surface area contributed by atoms with Crippen molar-refractivity contribution in [3.63, 3.8) is 0 Å². The molecule has 0 aliphatic carbocycles. The summed E-state index contributed by atoms with van der Waals surface area (Å²) in [5, 5.41) is 10.6. The van der Waals surface area contributed by atoms with Crippen molar-refractivity contribution in [3.8, 4) is 0 Å². The average Bonchev–Trinajstić information content (AvgIpc) is 0.946. The SMILES string of the molecule is CCCCCCCCCCCCCCCCCCCCCCCCC(=O)O[C@H](COC(=O)CCCCCCCCCCCCCCCCCC)COP(=O)(O)OC[C@@H](O)COP(=O)(O)OC[C@@H](COC(=O)CCCCCCCCCC)OC(=O)CCCCCCCCCCCCCCCC. The first-order valence-electron chi connectivity index (χ1n) is 42.3. The van der Waals surface area contributed by atoms with Gasteiger partial charge >= 0.3 is 39.5 Å². The normalized spacial score (nSPS) is 13.8. The molecule has 0 bridgehead atoms. The highest BCUT2D eigenvalue weighted by atomic mass is 31.2. The Hall–Kier alpha value is -1.94. The van der Waals surface area contributed by atoms with Gasteiger partial charge in [-0.05, 0) is 25.7 Å². The number of rotatable bonds is 82. The Kier molecular flexibility index (Phi) is 73.8. The van der Waals surface area contributed by atoms with Gasteiger partial charge in [0.05, 0.1) is 26.4 Å². The third kappa shape index (κ3) is 74.3. The number of aliphatic hydroxyl groups excluding tert-OH is 1. The summed E-state index contributed by atoms with van der Waals surface area (Å²) in [7, 11) is -9.91. The van der Waals surface area contributed by atoms with Gasteiger partial charge in [0.15, 0.2) is 12.2 Å². The van der Waals surface area contributed by atoms with Gasteiger partial charge in [-0.3, -0.25) is 37.3 Å². The van der Waals surface area contributed by atoms with Crippen LogP contribution in [0.4, 0.5) is 0 Å². The van der Waals surface area contributed by atoms with Gasteiger partial charge in [-0.1, -0.05) is 387 Å². The largest absolute Gasteiger partial charge is 0.472 e.